The molecule has 6 nitrogen and oxygen atoms in total. The molecule has 0 radical (unpaired) electrons. The Balaban J connectivity index is 1.24. The quantitative estimate of drug-likeness (QED) is 0.621. The lowest BCUT2D eigenvalue weighted by Gasteiger charge is -2.57. The molecule has 2 saturated heterocycles. The van der Waals surface area contributed by atoms with Gasteiger partial charge in [0.05, 0.1) is 6.61 Å². The molecule has 35 heavy (non-hydrogen) atoms. The predicted molar refractivity (Wildman–Crippen MR) is 134 cm³/mol. The fraction of sp³-hybridized carbons (Fsp3) is 0.345. The number of amides is 1. The Morgan fingerprint density at radius 1 is 0.886 bits per heavy atom. The van der Waals surface area contributed by atoms with E-state index < -0.39 is 0 Å². The van der Waals surface area contributed by atoms with Crippen molar-refractivity contribution in [2.24, 2.45) is 0 Å². The minimum atomic E-state index is 0.0239. The number of fused-ring (bicyclic) bond motifs is 2. The minimum Gasteiger partial charge on any atom is -0.454 e. The maximum Gasteiger partial charge on any atom is 0.254 e. The summed E-state index contributed by atoms with van der Waals surface area (Å²) < 4.78 is 10.9. The summed E-state index contributed by atoms with van der Waals surface area (Å²) in [6.07, 6.45) is 1.96. The van der Waals surface area contributed by atoms with Crippen LogP contribution < -0.4 is 9.47 Å². The van der Waals surface area contributed by atoms with Crippen LogP contribution in [0.3, 0.4) is 0 Å². The second-order valence-electron chi connectivity index (χ2n) is 9.60. The molecule has 0 aliphatic carbocycles. The fourth-order valence-corrected chi connectivity index (χ4v) is 5.87. The van der Waals surface area contributed by atoms with E-state index >= 15 is 0 Å². The van der Waals surface area contributed by atoms with E-state index in [1.165, 1.54) is 16.7 Å². The third kappa shape index (κ3) is 4.07. The molecule has 3 aromatic carbocycles. The van der Waals surface area contributed by atoms with Gasteiger partial charge in [0.15, 0.2) is 11.5 Å². The second kappa shape index (κ2) is 9.36. The van der Waals surface area contributed by atoms with Crippen molar-refractivity contribution in [1.82, 2.24) is 9.80 Å². The summed E-state index contributed by atoms with van der Waals surface area (Å²) in [6.45, 7) is 2.66. The van der Waals surface area contributed by atoms with Crippen LogP contribution in [0.4, 0.5) is 0 Å². The SMILES string of the molecule is O=C(c1ccc2c(c1)OCO2)N1CCCCN2[C@@H](CO)[C@@H](c3ccc(-c4ccccc4)cc3)[C@@H]2C1. The van der Waals surface area contributed by atoms with Crippen LogP contribution >= 0.6 is 0 Å². The number of hydrogen-bond donors (Lipinski definition) is 1. The van der Waals surface area contributed by atoms with Crippen LogP contribution in [-0.4, -0.2) is 65.9 Å². The van der Waals surface area contributed by atoms with Crippen molar-refractivity contribution in [2.45, 2.75) is 30.8 Å². The van der Waals surface area contributed by atoms with Crippen molar-refractivity contribution in [3.8, 4) is 22.6 Å². The smallest absolute Gasteiger partial charge is 0.254 e. The monoisotopic (exact) mass is 470 g/mol. The Labute approximate surface area is 205 Å². The molecule has 3 aromatic rings. The molecule has 1 N–H and O–H groups in total. The van der Waals surface area contributed by atoms with E-state index in [2.05, 4.69) is 53.4 Å². The van der Waals surface area contributed by atoms with Gasteiger partial charge in [-0.25, -0.2) is 0 Å². The third-order valence-electron chi connectivity index (χ3n) is 7.68. The Bertz CT molecular complexity index is 1200. The molecular formula is C29H30N2O4. The van der Waals surface area contributed by atoms with E-state index in [9.17, 15) is 9.90 Å². The Morgan fingerprint density at radius 3 is 2.43 bits per heavy atom. The van der Waals surface area contributed by atoms with Crippen LogP contribution in [0.1, 0.15) is 34.7 Å². The van der Waals surface area contributed by atoms with Gasteiger partial charge in [-0.15, -0.1) is 0 Å². The number of rotatable bonds is 4. The Hall–Kier alpha value is -3.35. The van der Waals surface area contributed by atoms with Gasteiger partial charge >= 0.3 is 0 Å². The summed E-state index contributed by atoms with van der Waals surface area (Å²) in [6, 6.07) is 24.8. The molecule has 3 heterocycles. The zero-order valence-corrected chi connectivity index (χ0v) is 19.7. The van der Waals surface area contributed by atoms with Crippen molar-refractivity contribution in [3.63, 3.8) is 0 Å². The highest BCUT2D eigenvalue weighted by molar-refractivity contribution is 5.95. The minimum absolute atomic E-state index is 0.0239. The fourth-order valence-electron chi connectivity index (χ4n) is 5.87. The second-order valence-corrected chi connectivity index (χ2v) is 9.60. The molecule has 0 saturated carbocycles. The highest BCUT2D eigenvalue weighted by Gasteiger charge is 2.49. The van der Waals surface area contributed by atoms with Crippen molar-refractivity contribution in [1.29, 1.82) is 0 Å². The van der Waals surface area contributed by atoms with Gasteiger partial charge in [0.1, 0.15) is 0 Å². The molecule has 2 fully saturated rings. The molecule has 0 bridgehead atoms. The number of ether oxygens (including phenoxy) is 2. The summed E-state index contributed by atoms with van der Waals surface area (Å²) in [7, 11) is 0. The number of carbonyl (C=O) groups excluding carboxylic acids is 1. The average Bonchev–Trinajstić information content (AvgIpc) is 3.36. The maximum atomic E-state index is 13.5. The van der Waals surface area contributed by atoms with Gasteiger partial charge < -0.3 is 19.5 Å². The van der Waals surface area contributed by atoms with Gasteiger partial charge in [0.25, 0.3) is 5.91 Å². The average molecular weight is 471 g/mol. The zero-order chi connectivity index (χ0) is 23.8. The van der Waals surface area contributed by atoms with Gasteiger partial charge in [0.2, 0.25) is 6.79 Å². The maximum absolute atomic E-state index is 13.5. The molecule has 0 aromatic heterocycles. The van der Waals surface area contributed by atoms with Crippen LogP contribution in [-0.2, 0) is 0 Å². The number of nitrogens with zero attached hydrogens (tertiary/aromatic N) is 2. The van der Waals surface area contributed by atoms with E-state index in [0.717, 1.165) is 25.9 Å². The van der Waals surface area contributed by atoms with Crippen molar-refractivity contribution < 1.29 is 19.4 Å². The molecule has 0 spiro atoms. The summed E-state index contributed by atoms with van der Waals surface area (Å²) in [5.74, 6) is 1.53. The first kappa shape index (κ1) is 22.1. The van der Waals surface area contributed by atoms with Gasteiger partial charge in [-0.3, -0.25) is 9.69 Å². The third-order valence-corrected chi connectivity index (χ3v) is 7.68. The van der Waals surface area contributed by atoms with Crippen molar-refractivity contribution in [3.05, 3.63) is 83.9 Å². The predicted octanol–water partition coefficient (Wildman–Crippen LogP) is 4.15. The van der Waals surface area contributed by atoms with E-state index in [0.29, 0.717) is 23.6 Å². The largest absolute Gasteiger partial charge is 0.454 e. The molecule has 3 aliphatic heterocycles. The Morgan fingerprint density at radius 2 is 1.63 bits per heavy atom. The zero-order valence-electron chi connectivity index (χ0n) is 19.7. The molecule has 3 atom stereocenters. The summed E-state index contributed by atoms with van der Waals surface area (Å²) >= 11 is 0. The molecule has 180 valence electrons. The number of carbonyl (C=O) groups is 1. The number of hydrogen-bond acceptors (Lipinski definition) is 5. The van der Waals surface area contributed by atoms with Crippen LogP contribution in [0.15, 0.2) is 72.8 Å². The highest BCUT2D eigenvalue weighted by Crippen LogP contribution is 2.42. The first-order valence-corrected chi connectivity index (χ1v) is 12.4. The lowest BCUT2D eigenvalue weighted by atomic mass is 9.74. The normalized spacial score (nSPS) is 23.7. The topological polar surface area (TPSA) is 62.2 Å². The first-order chi connectivity index (χ1) is 17.2. The van der Waals surface area contributed by atoms with Crippen molar-refractivity contribution in [2.75, 3.05) is 33.0 Å². The standard InChI is InChI=1S/C29H30N2O4/c32-18-25-28(22-10-8-21(9-11-22)20-6-2-1-3-7-20)24-17-30(14-4-5-15-31(24)25)29(33)23-12-13-26-27(16-23)35-19-34-26/h1-3,6-13,16,24-25,28,32H,4-5,14-15,17-19H2/t24-,25-,28-/m0/s1. The Kier molecular flexibility index (Phi) is 5.92. The van der Waals surface area contributed by atoms with E-state index in [4.69, 9.17) is 9.47 Å². The van der Waals surface area contributed by atoms with Gasteiger partial charge in [-0.05, 0) is 54.3 Å². The lowest BCUT2D eigenvalue weighted by molar-refractivity contribution is -0.0606. The van der Waals surface area contributed by atoms with Crippen LogP contribution in [0.5, 0.6) is 11.5 Å². The van der Waals surface area contributed by atoms with Crippen LogP contribution in [0, 0.1) is 0 Å². The van der Waals surface area contributed by atoms with E-state index in [1.54, 1.807) is 6.07 Å². The van der Waals surface area contributed by atoms with Gasteiger partial charge in [-0.1, -0.05) is 54.6 Å². The summed E-state index contributed by atoms with van der Waals surface area (Å²) in [5.41, 5.74) is 4.23. The molecule has 6 rings (SSSR count). The number of aliphatic hydroxyl groups excluding tert-OH is 1. The van der Waals surface area contributed by atoms with Crippen LogP contribution in [0.2, 0.25) is 0 Å². The lowest BCUT2D eigenvalue weighted by Crippen LogP contribution is -2.67. The molecule has 3 aliphatic rings. The van der Waals surface area contributed by atoms with E-state index in [1.807, 2.05) is 23.1 Å². The molecule has 6 heteroatoms. The van der Waals surface area contributed by atoms with Crippen molar-refractivity contribution >= 4 is 5.91 Å². The molecule has 1 amide bonds. The highest BCUT2D eigenvalue weighted by atomic mass is 16.7. The van der Waals surface area contributed by atoms with Crippen LogP contribution in [0.25, 0.3) is 11.1 Å². The van der Waals surface area contributed by atoms with Gasteiger partial charge in [0, 0.05) is 36.7 Å². The first-order valence-electron chi connectivity index (χ1n) is 12.4. The summed E-state index contributed by atoms with van der Waals surface area (Å²) in [4.78, 5) is 17.9. The van der Waals surface area contributed by atoms with E-state index in [-0.39, 0.29) is 37.3 Å². The number of aliphatic hydroxyl groups is 1. The molecular weight excluding hydrogens is 440 g/mol. The number of benzene rings is 3. The summed E-state index contributed by atoms with van der Waals surface area (Å²) in [5, 5.41) is 10.2. The van der Waals surface area contributed by atoms with Gasteiger partial charge in [-0.2, -0.15) is 0 Å². The molecule has 0 unspecified atom stereocenters.